The second kappa shape index (κ2) is 16.7. The number of rotatable bonds is 13. The van der Waals surface area contributed by atoms with Crippen LogP contribution in [-0.4, -0.2) is 88.8 Å². The zero-order valence-corrected chi connectivity index (χ0v) is 34.5. The first-order chi connectivity index (χ1) is 27.2. The van der Waals surface area contributed by atoms with Crippen molar-refractivity contribution in [3.05, 3.63) is 87.9 Å². The summed E-state index contributed by atoms with van der Waals surface area (Å²) in [5, 5.41) is 12.4. The van der Waals surface area contributed by atoms with Gasteiger partial charge >= 0.3 is 0 Å². The van der Waals surface area contributed by atoms with E-state index in [9.17, 15) is 24.4 Å². The minimum atomic E-state index is -0.953. The molecule has 0 radical (unpaired) electrons. The molecule has 11 nitrogen and oxygen atoms in total. The predicted octanol–water partition coefficient (Wildman–Crippen LogP) is 6.19. The normalized spacial score (nSPS) is 22.8. The Labute approximate surface area is 344 Å². The molecular formula is C44H49ClN6O5S. The Morgan fingerprint density at radius 1 is 0.982 bits per heavy atom. The van der Waals surface area contributed by atoms with E-state index in [1.54, 1.807) is 18.2 Å². The van der Waals surface area contributed by atoms with Crippen molar-refractivity contribution in [1.29, 1.82) is 5.26 Å². The lowest BCUT2D eigenvalue weighted by Crippen LogP contribution is -2.58. The van der Waals surface area contributed by atoms with Gasteiger partial charge in [-0.2, -0.15) is 5.26 Å². The largest absolute Gasteiger partial charge is 0.492 e. The monoisotopic (exact) mass is 808 g/mol. The van der Waals surface area contributed by atoms with Gasteiger partial charge in [0.2, 0.25) is 11.8 Å². The molecule has 3 amide bonds. The van der Waals surface area contributed by atoms with E-state index in [2.05, 4.69) is 41.1 Å². The number of thiocarbonyl (C=S) groups is 1. The van der Waals surface area contributed by atoms with E-state index in [0.717, 1.165) is 60.6 Å². The topological polar surface area (TPSA) is 126 Å². The smallest absolute Gasteiger partial charge is 0.259 e. The lowest BCUT2D eigenvalue weighted by Gasteiger charge is -2.44. The molecule has 1 unspecified atom stereocenters. The Kier molecular flexibility index (Phi) is 11.8. The first kappa shape index (κ1) is 40.5. The van der Waals surface area contributed by atoms with Crippen molar-refractivity contribution < 1.29 is 23.9 Å². The highest BCUT2D eigenvalue weighted by atomic mass is 35.5. The van der Waals surface area contributed by atoms with E-state index in [1.165, 1.54) is 4.90 Å². The van der Waals surface area contributed by atoms with Crippen LogP contribution in [0.3, 0.4) is 0 Å². The van der Waals surface area contributed by atoms with Gasteiger partial charge in [0.15, 0.2) is 10.9 Å². The number of benzene rings is 3. The lowest BCUT2D eigenvalue weighted by molar-refractivity contribution is -0.136. The number of halogens is 1. The zero-order chi connectivity index (χ0) is 40.6. The Balaban J connectivity index is 0.931. The fourth-order valence-electron chi connectivity index (χ4n) is 8.53. The van der Waals surface area contributed by atoms with Crippen LogP contribution < -0.4 is 19.9 Å². The van der Waals surface area contributed by atoms with Gasteiger partial charge in [-0.1, -0.05) is 35.9 Å². The highest BCUT2D eigenvalue weighted by Crippen LogP contribution is 2.47. The van der Waals surface area contributed by atoms with Gasteiger partial charge in [0.1, 0.15) is 24.0 Å². The number of hydrogen-bond acceptors (Lipinski definition) is 9. The number of amides is 3. The number of ether oxygens (including phenoxy) is 1. The van der Waals surface area contributed by atoms with Crippen LogP contribution in [0.2, 0.25) is 5.02 Å². The van der Waals surface area contributed by atoms with Gasteiger partial charge in [-0.05, 0) is 125 Å². The molecule has 1 aliphatic carbocycles. The Morgan fingerprint density at radius 3 is 2.39 bits per heavy atom. The van der Waals surface area contributed by atoms with E-state index in [0.29, 0.717) is 61.1 Å². The molecule has 4 fully saturated rings. The molecule has 13 heteroatoms. The molecule has 7 rings (SSSR count). The molecule has 1 saturated carbocycles. The number of nitrogens with one attached hydrogen (secondary N) is 1. The summed E-state index contributed by atoms with van der Waals surface area (Å²) < 4.78 is 6.46. The van der Waals surface area contributed by atoms with Gasteiger partial charge in [0.25, 0.3) is 5.91 Å². The number of piperazine rings is 1. The molecule has 57 heavy (non-hydrogen) atoms. The average Bonchev–Trinajstić information content (AvgIpc) is 3.98. The minimum absolute atomic E-state index is 0.161. The van der Waals surface area contributed by atoms with Crippen molar-refractivity contribution in [2.24, 2.45) is 5.92 Å². The summed E-state index contributed by atoms with van der Waals surface area (Å²) in [5.74, 6) is 0.558. The second-order valence-corrected chi connectivity index (χ2v) is 17.2. The third-order valence-corrected chi connectivity index (χ3v) is 12.4. The van der Waals surface area contributed by atoms with Crippen LogP contribution in [-0.2, 0) is 32.0 Å². The van der Waals surface area contributed by atoms with Crippen molar-refractivity contribution in [3.63, 3.8) is 0 Å². The first-order valence-corrected chi connectivity index (χ1v) is 20.6. The van der Waals surface area contributed by atoms with Crippen LogP contribution in [0, 0.1) is 17.2 Å². The molecule has 4 aliphatic rings. The standard InChI is InChI=1S/C44H49ClN6O5S/c1-27-24-48(25-28(2)49(27)26-36(52)20-30-7-5-6-29(18-30)19-32-11-15-40(53)47-41(32)54)16-17-56-39-14-13-35(21-37(39)31-8-9-31)51-43(57)50(42(55)44(51,3)4)34-12-10-33(23-46)38(45)22-34/h5-7,10,12-14,18,21-22,27-28,31-32H,8-9,11,15-17,19-20,24-26H2,1-4H3,(H,47,53,54)/t27-,28+,32?. The molecule has 3 aromatic carbocycles. The van der Waals surface area contributed by atoms with Gasteiger partial charge in [0.05, 0.1) is 22.8 Å². The number of anilines is 2. The maximum atomic E-state index is 13.8. The van der Waals surface area contributed by atoms with Gasteiger partial charge < -0.3 is 9.64 Å². The number of carbonyl (C=O) groups excluding carboxylic acids is 4. The molecule has 298 valence electrons. The van der Waals surface area contributed by atoms with E-state index < -0.39 is 5.54 Å². The zero-order valence-electron chi connectivity index (χ0n) is 32.9. The number of Topliss-reactive ketones (excluding diaryl/α,β-unsaturated/α-hetero) is 1. The summed E-state index contributed by atoms with van der Waals surface area (Å²) in [6, 6.07) is 21.3. The minimum Gasteiger partial charge on any atom is -0.492 e. The fourth-order valence-corrected chi connectivity index (χ4v) is 9.27. The third kappa shape index (κ3) is 8.77. The van der Waals surface area contributed by atoms with Gasteiger partial charge in [-0.15, -0.1) is 0 Å². The first-order valence-electron chi connectivity index (χ1n) is 19.8. The quantitative estimate of drug-likeness (QED) is 0.158. The van der Waals surface area contributed by atoms with E-state index >= 15 is 0 Å². The van der Waals surface area contributed by atoms with Crippen molar-refractivity contribution in [2.45, 2.75) is 89.8 Å². The van der Waals surface area contributed by atoms with Crippen molar-refractivity contribution in [3.8, 4) is 11.8 Å². The van der Waals surface area contributed by atoms with Gasteiger partial charge in [0, 0.05) is 56.2 Å². The van der Waals surface area contributed by atoms with Crippen LogP contribution >= 0.6 is 23.8 Å². The van der Waals surface area contributed by atoms with Crippen LogP contribution in [0.1, 0.15) is 81.5 Å². The predicted molar refractivity (Wildman–Crippen MR) is 224 cm³/mol. The summed E-state index contributed by atoms with van der Waals surface area (Å²) in [5.41, 5.74) is 3.78. The van der Waals surface area contributed by atoms with E-state index in [4.69, 9.17) is 28.6 Å². The summed E-state index contributed by atoms with van der Waals surface area (Å²) in [6.45, 7) is 11.4. The third-order valence-electron chi connectivity index (χ3n) is 11.7. The summed E-state index contributed by atoms with van der Waals surface area (Å²) >= 11 is 12.2. The number of piperidine rings is 1. The van der Waals surface area contributed by atoms with Crippen molar-refractivity contribution in [2.75, 3.05) is 42.6 Å². The number of imide groups is 1. The van der Waals surface area contributed by atoms with Crippen LogP contribution in [0.5, 0.6) is 5.75 Å². The highest BCUT2D eigenvalue weighted by Gasteiger charge is 2.50. The van der Waals surface area contributed by atoms with E-state index in [1.807, 2.05) is 55.1 Å². The Bertz CT molecular complexity index is 2140. The van der Waals surface area contributed by atoms with Crippen LogP contribution in [0.15, 0.2) is 60.7 Å². The summed E-state index contributed by atoms with van der Waals surface area (Å²) in [7, 11) is 0. The molecule has 3 saturated heterocycles. The molecule has 3 aromatic rings. The summed E-state index contributed by atoms with van der Waals surface area (Å²) in [6.07, 6.45) is 3.95. The highest BCUT2D eigenvalue weighted by molar-refractivity contribution is 7.81. The molecule has 3 aliphatic heterocycles. The number of hydrogen-bond donors (Lipinski definition) is 1. The van der Waals surface area contributed by atoms with Gasteiger partial charge in [-0.3, -0.25) is 39.2 Å². The molecule has 3 atom stereocenters. The van der Waals surface area contributed by atoms with Crippen molar-refractivity contribution in [1.82, 2.24) is 15.1 Å². The molecule has 0 aromatic heterocycles. The maximum Gasteiger partial charge on any atom is 0.259 e. The molecule has 0 bridgehead atoms. The molecular weight excluding hydrogens is 760 g/mol. The lowest BCUT2D eigenvalue weighted by atomic mass is 9.90. The Hall–Kier alpha value is -4.67. The Morgan fingerprint density at radius 2 is 1.70 bits per heavy atom. The average molecular weight is 809 g/mol. The number of ketones is 1. The van der Waals surface area contributed by atoms with Gasteiger partial charge in [-0.25, -0.2) is 0 Å². The maximum absolute atomic E-state index is 13.8. The number of carbonyl (C=O) groups is 4. The van der Waals surface area contributed by atoms with Crippen LogP contribution in [0.25, 0.3) is 0 Å². The van der Waals surface area contributed by atoms with Crippen molar-refractivity contribution >= 4 is 63.8 Å². The molecule has 0 spiro atoms. The summed E-state index contributed by atoms with van der Waals surface area (Å²) in [4.78, 5) is 59.0. The SMILES string of the molecule is C[C@@H]1CN(CCOc2ccc(N3C(=S)N(c4ccc(C#N)c(Cl)c4)C(=O)C3(C)C)cc2C2CC2)C[C@H](C)N1CC(=O)Cc1cccc(CC2CCC(=O)NC2=O)c1. The molecule has 3 heterocycles. The fraction of sp³-hybridized carbons (Fsp3) is 0.455. The number of nitriles is 1. The second-order valence-electron chi connectivity index (χ2n) is 16.5. The van der Waals surface area contributed by atoms with E-state index in [-0.39, 0.29) is 46.5 Å². The van der Waals surface area contributed by atoms with Crippen LogP contribution in [0.4, 0.5) is 11.4 Å². The number of nitrogens with zero attached hydrogens (tertiary/aromatic N) is 5. The molecule has 1 N–H and O–H groups in total.